The summed E-state index contributed by atoms with van der Waals surface area (Å²) in [5.74, 6) is -2.03. The van der Waals surface area contributed by atoms with Crippen molar-refractivity contribution < 1.29 is 13.9 Å². The van der Waals surface area contributed by atoms with E-state index < -0.39 is 17.7 Å². The van der Waals surface area contributed by atoms with Gasteiger partial charge in [0.25, 0.3) is 5.56 Å². The zero-order valence-corrected chi connectivity index (χ0v) is 12.7. The van der Waals surface area contributed by atoms with Crippen LogP contribution in [-0.4, -0.2) is 14.9 Å². The molecule has 118 valence electrons. The third-order valence-corrected chi connectivity index (χ3v) is 3.31. The maximum atomic E-state index is 13.2. The Morgan fingerprint density at radius 1 is 1.18 bits per heavy atom. The van der Waals surface area contributed by atoms with Gasteiger partial charge >= 0.3 is 0 Å². The van der Waals surface area contributed by atoms with E-state index in [2.05, 4.69) is 5.10 Å². The van der Waals surface area contributed by atoms with E-state index in [0.29, 0.717) is 5.69 Å². The molecule has 0 fully saturated rings. The van der Waals surface area contributed by atoms with Gasteiger partial charge in [-0.2, -0.15) is 5.10 Å². The van der Waals surface area contributed by atoms with Crippen molar-refractivity contribution in [1.29, 1.82) is 0 Å². The second kappa shape index (κ2) is 5.96. The van der Waals surface area contributed by atoms with Gasteiger partial charge in [0.05, 0.1) is 18.3 Å². The first-order chi connectivity index (χ1) is 10.2. The summed E-state index contributed by atoms with van der Waals surface area (Å²) in [6.07, 6.45) is -1.16. The van der Waals surface area contributed by atoms with E-state index in [1.165, 1.54) is 12.1 Å². The van der Waals surface area contributed by atoms with Gasteiger partial charge in [-0.25, -0.2) is 13.5 Å². The smallest absolute Gasteiger partial charge is 0.266 e. The Morgan fingerprint density at radius 3 is 2.45 bits per heavy atom. The Bertz CT molecular complexity index is 736. The van der Waals surface area contributed by atoms with Crippen LogP contribution < -0.4 is 5.56 Å². The number of aromatic nitrogens is 2. The van der Waals surface area contributed by atoms with Gasteiger partial charge in [-0.1, -0.05) is 26.8 Å². The first-order valence-corrected chi connectivity index (χ1v) is 6.90. The highest BCUT2D eigenvalue weighted by Gasteiger charge is 2.18. The van der Waals surface area contributed by atoms with Gasteiger partial charge < -0.3 is 5.11 Å². The minimum atomic E-state index is -1.16. The predicted octanol–water partition coefficient (Wildman–Crippen LogP) is 2.55. The number of hydrogen-bond donors (Lipinski definition) is 1. The number of hydrogen-bond acceptors (Lipinski definition) is 3. The fraction of sp³-hybridized carbons (Fsp3) is 0.375. The molecule has 22 heavy (non-hydrogen) atoms. The Morgan fingerprint density at radius 2 is 1.86 bits per heavy atom. The molecule has 0 radical (unpaired) electrons. The molecule has 1 aromatic heterocycles. The number of benzene rings is 1. The highest BCUT2D eigenvalue weighted by atomic mass is 19.2. The summed E-state index contributed by atoms with van der Waals surface area (Å²) in [5, 5.41) is 14.3. The SMILES string of the molecule is CC(C)(C)c1ccc(=O)n(CC(O)c2ccc(F)c(F)c2)n1. The molecule has 0 aliphatic rings. The van der Waals surface area contributed by atoms with Crippen LogP contribution in [0.15, 0.2) is 35.1 Å². The standard InChI is InChI=1S/C16H18F2N2O2/c1-16(2,3)14-6-7-15(22)20(19-14)9-13(21)10-4-5-11(17)12(18)8-10/h4-8,13,21H,9H2,1-3H3. The van der Waals surface area contributed by atoms with Crippen LogP contribution in [-0.2, 0) is 12.0 Å². The average molecular weight is 308 g/mol. The first kappa shape index (κ1) is 16.3. The van der Waals surface area contributed by atoms with E-state index >= 15 is 0 Å². The van der Waals surface area contributed by atoms with Crippen molar-refractivity contribution in [2.24, 2.45) is 0 Å². The van der Waals surface area contributed by atoms with Crippen LogP contribution >= 0.6 is 0 Å². The molecule has 2 aromatic rings. The molecule has 6 heteroatoms. The van der Waals surface area contributed by atoms with E-state index in [0.717, 1.165) is 16.8 Å². The summed E-state index contributed by atoms with van der Waals surface area (Å²) >= 11 is 0. The molecule has 0 amide bonds. The van der Waals surface area contributed by atoms with E-state index in [1.54, 1.807) is 6.07 Å². The molecule has 0 aliphatic carbocycles. The van der Waals surface area contributed by atoms with Gasteiger partial charge in [-0.15, -0.1) is 0 Å². The summed E-state index contributed by atoms with van der Waals surface area (Å²) in [6.45, 7) is 5.73. The van der Waals surface area contributed by atoms with E-state index in [9.17, 15) is 18.7 Å². The monoisotopic (exact) mass is 308 g/mol. The maximum Gasteiger partial charge on any atom is 0.266 e. The van der Waals surface area contributed by atoms with Crippen molar-refractivity contribution in [3.05, 3.63) is 63.6 Å². The molecular weight excluding hydrogens is 290 g/mol. The van der Waals surface area contributed by atoms with Crippen LogP contribution in [0.4, 0.5) is 8.78 Å². The minimum absolute atomic E-state index is 0.131. The summed E-state index contributed by atoms with van der Waals surface area (Å²) < 4.78 is 27.3. The molecule has 1 atom stereocenters. The van der Waals surface area contributed by atoms with Crippen molar-refractivity contribution >= 4 is 0 Å². The Labute approximate surface area is 127 Å². The van der Waals surface area contributed by atoms with Gasteiger partial charge in [0.2, 0.25) is 0 Å². The summed E-state index contributed by atoms with van der Waals surface area (Å²) in [4.78, 5) is 11.8. The van der Waals surface area contributed by atoms with Crippen LogP contribution in [0.3, 0.4) is 0 Å². The van der Waals surface area contributed by atoms with Crippen LogP contribution in [0.2, 0.25) is 0 Å². The lowest BCUT2D eigenvalue weighted by Gasteiger charge is -2.19. The van der Waals surface area contributed by atoms with Gasteiger partial charge in [0, 0.05) is 11.5 Å². The molecule has 0 spiro atoms. The number of nitrogens with zero attached hydrogens (tertiary/aromatic N) is 2. The number of rotatable bonds is 3. The Hall–Kier alpha value is -2.08. The molecule has 1 heterocycles. The molecular formula is C16H18F2N2O2. The fourth-order valence-corrected chi connectivity index (χ4v) is 1.97. The van der Waals surface area contributed by atoms with Crippen LogP contribution in [0.1, 0.15) is 38.1 Å². The third-order valence-electron chi connectivity index (χ3n) is 3.31. The second-order valence-corrected chi connectivity index (χ2v) is 6.18. The second-order valence-electron chi connectivity index (χ2n) is 6.18. The molecule has 0 aliphatic heterocycles. The van der Waals surface area contributed by atoms with Crippen molar-refractivity contribution in [3.63, 3.8) is 0 Å². The number of halogens is 2. The summed E-state index contributed by atoms with van der Waals surface area (Å²) in [7, 11) is 0. The largest absolute Gasteiger partial charge is 0.386 e. The van der Waals surface area contributed by atoms with Gasteiger partial charge in [-0.3, -0.25) is 4.79 Å². The van der Waals surface area contributed by atoms with Crippen LogP contribution in [0.25, 0.3) is 0 Å². The lowest BCUT2D eigenvalue weighted by Crippen LogP contribution is -2.29. The maximum absolute atomic E-state index is 13.2. The van der Waals surface area contributed by atoms with Crippen molar-refractivity contribution in [3.8, 4) is 0 Å². The summed E-state index contributed by atoms with van der Waals surface area (Å²) in [6, 6.07) is 6.16. The lowest BCUT2D eigenvalue weighted by atomic mass is 9.92. The van der Waals surface area contributed by atoms with E-state index in [-0.39, 0.29) is 23.1 Å². The van der Waals surface area contributed by atoms with E-state index in [4.69, 9.17) is 0 Å². The van der Waals surface area contributed by atoms with Crippen molar-refractivity contribution in [2.75, 3.05) is 0 Å². The minimum Gasteiger partial charge on any atom is -0.386 e. The first-order valence-electron chi connectivity index (χ1n) is 6.90. The number of aliphatic hydroxyl groups is 1. The predicted molar refractivity (Wildman–Crippen MR) is 78.5 cm³/mol. The van der Waals surface area contributed by atoms with Gasteiger partial charge in [0.1, 0.15) is 0 Å². The lowest BCUT2D eigenvalue weighted by molar-refractivity contribution is 0.148. The van der Waals surface area contributed by atoms with Gasteiger partial charge in [0.15, 0.2) is 11.6 Å². The third kappa shape index (κ3) is 3.57. The average Bonchev–Trinajstić information content (AvgIpc) is 2.43. The molecule has 1 unspecified atom stereocenters. The zero-order valence-electron chi connectivity index (χ0n) is 12.7. The zero-order chi connectivity index (χ0) is 16.5. The highest BCUT2D eigenvalue weighted by Crippen LogP contribution is 2.20. The molecule has 0 bridgehead atoms. The van der Waals surface area contributed by atoms with E-state index in [1.807, 2.05) is 20.8 Å². The molecule has 0 saturated heterocycles. The fourth-order valence-electron chi connectivity index (χ4n) is 1.97. The Balaban J connectivity index is 2.29. The van der Waals surface area contributed by atoms with Crippen molar-refractivity contribution in [1.82, 2.24) is 9.78 Å². The van der Waals surface area contributed by atoms with Crippen LogP contribution in [0.5, 0.6) is 0 Å². The summed E-state index contributed by atoms with van der Waals surface area (Å²) in [5.41, 5.74) is 0.274. The van der Waals surface area contributed by atoms with Crippen LogP contribution in [0, 0.1) is 11.6 Å². The molecule has 2 rings (SSSR count). The highest BCUT2D eigenvalue weighted by molar-refractivity contribution is 5.20. The molecule has 1 N–H and O–H groups in total. The topological polar surface area (TPSA) is 55.1 Å². The molecule has 1 aromatic carbocycles. The normalized spacial score (nSPS) is 13.2. The molecule has 0 saturated carbocycles. The number of aliphatic hydroxyl groups excluding tert-OH is 1. The van der Waals surface area contributed by atoms with Gasteiger partial charge in [-0.05, 0) is 23.8 Å². The van der Waals surface area contributed by atoms with Crippen molar-refractivity contribution in [2.45, 2.75) is 38.8 Å². The molecule has 4 nitrogen and oxygen atoms in total. The quantitative estimate of drug-likeness (QED) is 0.948. The Kier molecular flexibility index (Phi) is 4.42.